The number of azide groups is 2. The molecular weight excluding hydrogens is 1110 g/mol. The van der Waals surface area contributed by atoms with Gasteiger partial charge in [-0.05, 0) is 70.9 Å². The molecule has 0 aliphatic carbocycles. The number of hydrogen-bond donors (Lipinski definition) is 2. The van der Waals surface area contributed by atoms with Crippen LogP contribution >= 0.6 is 0 Å². The summed E-state index contributed by atoms with van der Waals surface area (Å²) < 4.78 is 163. The number of carbonyl (C=O) groups excluding carboxylic acids is 2. The van der Waals surface area contributed by atoms with Crippen molar-refractivity contribution in [2.75, 3.05) is 67.1 Å². The van der Waals surface area contributed by atoms with Crippen LogP contribution in [0, 0.1) is 0 Å². The van der Waals surface area contributed by atoms with E-state index < -0.39 is 150 Å². The minimum absolute atomic E-state index is 0.00331. The van der Waals surface area contributed by atoms with E-state index in [0.29, 0.717) is 51.6 Å². The van der Waals surface area contributed by atoms with Gasteiger partial charge in [0.25, 0.3) is 0 Å². The summed E-state index contributed by atoms with van der Waals surface area (Å²) >= 11 is 0. The first kappa shape index (κ1) is 72.9. The summed E-state index contributed by atoms with van der Waals surface area (Å²) in [7, 11) is -8.26. The Morgan fingerprint density at radius 3 is 1.48 bits per heavy atom. The first-order valence-corrected chi connectivity index (χ1v) is 29.9. The highest BCUT2D eigenvalue weighted by atomic mass is 32.3. The molecule has 0 spiro atoms. The van der Waals surface area contributed by atoms with Crippen LogP contribution in [0.5, 0.6) is 0 Å². The predicted molar refractivity (Wildman–Crippen MR) is 281 cm³/mol. The normalized spacial score (nSPS) is 25.6. The number of unbranched alkanes of at least 4 members (excludes halogenated alkanes) is 5. The Bertz CT molecular complexity index is 2080. The van der Waals surface area contributed by atoms with Crippen LogP contribution < -0.4 is 0 Å². The van der Waals surface area contributed by atoms with Crippen LogP contribution in [0.4, 0.5) is 0 Å². The Hall–Kier alpha value is -3.18. The van der Waals surface area contributed by atoms with Gasteiger partial charge < -0.3 is 66.3 Å². The number of esters is 2. The van der Waals surface area contributed by atoms with Crippen molar-refractivity contribution in [2.45, 2.75) is 231 Å². The van der Waals surface area contributed by atoms with Crippen molar-refractivity contribution in [2.24, 2.45) is 10.2 Å². The second kappa shape index (κ2) is 39.4. The van der Waals surface area contributed by atoms with Crippen LogP contribution in [0.3, 0.4) is 0 Å². The number of ether oxygens (including phenoxy) is 14. The first-order chi connectivity index (χ1) is 38.1. The molecule has 2 aliphatic rings. The molecule has 0 aromatic heterocycles. The summed E-state index contributed by atoms with van der Waals surface area (Å²) in [5, 5.41) is 7.84. The van der Waals surface area contributed by atoms with Crippen molar-refractivity contribution < 1.29 is 110 Å². The van der Waals surface area contributed by atoms with Crippen LogP contribution in [0.25, 0.3) is 20.9 Å². The first-order valence-electron chi connectivity index (χ1n) is 27.2. The van der Waals surface area contributed by atoms with Crippen LogP contribution in [0.2, 0.25) is 0 Å². The molecule has 80 heavy (non-hydrogen) atoms. The zero-order valence-electron chi connectivity index (χ0n) is 47.9. The molecule has 0 aromatic carbocycles. The largest absolute Gasteiger partial charge is 0.467 e. The minimum Gasteiger partial charge on any atom is -0.467 e. The predicted octanol–water partition coefficient (Wildman–Crippen LogP) is 6.04. The minimum atomic E-state index is -5.20. The molecular formula is C48H88N6O24S2. The zero-order valence-corrected chi connectivity index (χ0v) is 49.6. The monoisotopic (exact) mass is 1200 g/mol. The van der Waals surface area contributed by atoms with Crippen molar-refractivity contribution in [1.82, 2.24) is 0 Å². The maximum absolute atomic E-state index is 14.1. The average molecular weight is 1200 g/mol. The summed E-state index contributed by atoms with van der Waals surface area (Å²) in [5.41, 5.74) is 19.6. The van der Waals surface area contributed by atoms with Crippen molar-refractivity contribution >= 4 is 32.7 Å². The molecule has 0 amide bonds. The smallest absolute Gasteiger partial charge is 0.397 e. The molecule has 2 aliphatic heterocycles. The van der Waals surface area contributed by atoms with Gasteiger partial charge in [0, 0.05) is 42.9 Å². The van der Waals surface area contributed by atoms with Crippen molar-refractivity contribution in [3.8, 4) is 0 Å². The summed E-state index contributed by atoms with van der Waals surface area (Å²) in [6.45, 7) is 14.4. The number of rotatable bonds is 44. The molecule has 0 saturated carbocycles. The Labute approximate surface area is 470 Å². The molecule has 2 fully saturated rings. The third-order valence-corrected chi connectivity index (χ3v) is 13.5. The fourth-order valence-corrected chi connectivity index (χ4v) is 8.82. The van der Waals surface area contributed by atoms with E-state index in [9.17, 15) is 46.6 Å². The lowest BCUT2D eigenvalue weighted by atomic mass is 9.97. The highest BCUT2D eigenvalue weighted by molar-refractivity contribution is 7.81. The molecule has 2 N–H and O–H groups in total. The number of nitrogens with zero attached hydrogens (tertiary/aromatic N) is 6. The molecule has 0 bridgehead atoms. The SMILES string of the molecule is CCCCOC1[C@@H](OC(COS(=O)(=O)O)OC(C(=O)OC)[C@H](O[C@@H]2OC(C)[C@H](OC(COS(=O)(=O)O)OC(C(=O)OC)[C@@H](OCCCC)[C@H](C)OCCCC)C(OCCCC)[C@@H]2N=[N+]=[N-])[C@H](C)OCCCC)C(C)OC[C@H]1N=[N+]=[N-]. The van der Waals surface area contributed by atoms with E-state index in [2.05, 4.69) is 20.1 Å². The molecule has 17 atom stereocenters. The lowest BCUT2D eigenvalue weighted by Gasteiger charge is -2.46. The van der Waals surface area contributed by atoms with Gasteiger partial charge >= 0.3 is 32.7 Å². The summed E-state index contributed by atoms with van der Waals surface area (Å²) in [6, 6.07) is -2.53. The third-order valence-electron chi connectivity index (χ3n) is 12.6. The molecule has 0 radical (unpaired) electrons. The van der Waals surface area contributed by atoms with E-state index in [1.807, 2.05) is 34.6 Å². The Morgan fingerprint density at radius 2 is 1.02 bits per heavy atom. The highest BCUT2D eigenvalue weighted by Crippen LogP contribution is 2.34. The maximum atomic E-state index is 14.1. The maximum Gasteiger partial charge on any atom is 0.397 e. The molecule has 32 heteroatoms. The fourth-order valence-electron chi connectivity index (χ4n) is 8.25. The van der Waals surface area contributed by atoms with Gasteiger partial charge in [0.15, 0.2) is 31.1 Å². The average Bonchev–Trinajstić information content (AvgIpc) is 3.43. The second-order valence-corrected chi connectivity index (χ2v) is 21.1. The fraction of sp³-hybridized carbons (Fsp3) is 0.958. The van der Waals surface area contributed by atoms with E-state index in [4.69, 9.17) is 74.7 Å². The van der Waals surface area contributed by atoms with E-state index in [1.165, 1.54) is 13.8 Å². The van der Waals surface area contributed by atoms with Gasteiger partial charge in [-0.1, -0.05) is 77.0 Å². The number of hydrogen-bond acceptors (Lipinski definition) is 24. The lowest BCUT2D eigenvalue weighted by Crippen LogP contribution is -2.62. The Morgan fingerprint density at radius 1 is 0.600 bits per heavy atom. The van der Waals surface area contributed by atoms with Crippen LogP contribution in [-0.2, 0) is 105 Å². The number of carbonyl (C=O) groups is 2. The summed E-state index contributed by atoms with van der Waals surface area (Å²) in [4.78, 5) is 33.8. The zero-order chi connectivity index (χ0) is 59.8. The molecule has 8 unspecified atom stereocenters. The van der Waals surface area contributed by atoms with E-state index in [0.717, 1.165) is 33.5 Å². The molecule has 2 saturated heterocycles. The van der Waals surface area contributed by atoms with Gasteiger partial charge in [-0.15, -0.1) is 0 Å². The van der Waals surface area contributed by atoms with Crippen molar-refractivity contribution in [3.05, 3.63) is 20.9 Å². The number of methoxy groups -OCH3 is 2. The highest BCUT2D eigenvalue weighted by Gasteiger charge is 2.52. The summed E-state index contributed by atoms with van der Waals surface area (Å²) in [5.74, 6) is -2.11. The standard InChI is InChI=1S/C48H88N6O24S2/c1-12-17-22-65-30(6)38(67-24-19-14-3)44(46(55)63-10)76-36(29-72-80(60,61)62)75-41-33(9)73-48(37(52-54-50)43(41)69-26-21-16-5)78-40(31(7)66-23-18-13-2)45(47(56)64-11)77-35(28-71-79(57,58)59)74-39-32(8)70-27-34(51-53-49)42(39)68-25-20-15-4/h30-45,48H,12-29H2,1-11H3,(H,57,58,59)(H,60,61,62)/t30-,31-,32?,33?,34+,35?,36?,37-,38-,39-,40+,41-,42?,43?,44?,45?,48-/m0/s1. The molecule has 2 heterocycles. The van der Waals surface area contributed by atoms with Gasteiger partial charge in [-0.2, -0.15) is 16.8 Å². The second-order valence-electron chi connectivity index (χ2n) is 18.9. The third kappa shape index (κ3) is 26.2. The summed E-state index contributed by atoms with van der Waals surface area (Å²) in [6.07, 6.45) is -14.7. The molecule has 0 aromatic rings. The van der Waals surface area contributed by atoms with Gasteiger partial charge in [-0.25, -0.2) is 18.0 Å². The van der Waals surface area contributed by atoms with E-state index >= 15 is 0 Å². The lowest BCUT2D eigenvalue weighted by molar-refractivity contribution is -0.330. The van der Waals surface area contributed by atoms with Gasteiger partial charge in [0.05, 0.1) is 63.5 Å². The van der Waals surface area contributed by atoms with Gasteiger partial charge in [0.1, 0.15) is 43.7 Å². The Kier molecular flexibility index (Phi) is 35.9. The van der Waals surface area contributed by atoms with Crippen molar-refractivity contribution in [1.29, 1.82) is 0 Å². The van der Waals surface area contributed by atoms with Crippen LogP contribution in [0.1, 0.15) is 127 Å². The van der Waals surface area contributed by atoms with Crippen LogP contribution in [0.15, 0.2) is 10.2 Å². The van der Waals surface area contributed by atoms with Crippen molar-refractivity contribution in [3.63, 3.8) is 0 Å². The molecule has 30 nitrogen and oxygen atoms in total. The van der Waals surface area contributed by atoms with Crippen LogP contribution in [-0.4, -0.2) is 209 Å². The Balaban J connectivity index is 2.85. The van der Waals surface area contributed by atoms with Gasteiger partial charge in [0.2, 0.25) is 0 Å². The molecule has 2 rings (SSSR count). The topological polar surface area (TPSA) is 388 Å². The van der Waals surface area contributed by atoms with Gasteiger partial charge in [-0.3, -0.25) is 9.11 Å². The van der Waals surface area contributed by atoms with E-state index in [1.54, 1.807) is 13.8 Å². The quantitative estimate of drug-likeness (QED) is 0.0134. The van der Waals surface area contributed by atoms with E-state index in [-0.39, 0.29) is 33.0 Å². The molecule has 466 valence electrons.